The summed E-state index contributed by atoms with van der Waals surface area (Å²) in [6.07, 6.45) is 4.28. The molecule has 0 aliphatic rings. The van der Waals surface area contributed by atoms with E-state index in [1.165, 1.54) is 4.57 Å². The molecule has 2 rings (SSSR count). The van der Waals surface area contributed by atoms with Crippen molar-refractivity contribution in [3.8, 4) is 0 Å². The van der Waals surface area contributed by atoms with Crippen molar-refractivity contribution in [2.45, 2.75) is 65.7 Å². The van der Waals surface area contributed by atoms with Crippen LogP contribution in [-0.2, 0) is 19.6 Å². The van der Waals surface area contributed by atoms with Crippen LogP contribution in [0.2, 0.25) is 0 Å². The Hall–Kier alpha value is -1.89. The normalized spacial score (nSPS) is 12.9. The van der Waals surface area contributed by atoms with Gasteiger partial charge in [0.05, 0.1) is 6.33 Å². The SMILES string of the molecule is CCCCn1c(=O)n(CC)c(=O)c2c1ncn2CC(N)CC. The van der Waals surface area contributed by atoms with Crippen LogP contribution in [0.3, 0.4) is 0 Å². The molecule has 0 saturated heterocycles. The van der Waals surface area contributed by atoms with Crippen LogP contribution in [0.1, 0.15) is 40.0 Å². The Labute approximate surface area is 129 Å². The first-order valence-electron chi connectivity index (χ1n) is 7.99. The van der Waals surface area contributed by atoms with Crippen molar-refractivity contribution in [1.82, 2.24) is 18.7 Å². The Morgan fingerprint density at radius 2 is 1.95 bits per heavy atom. The van der Waals surface area contributed by atoms with Gasteiger partial charge < -0.3 is 10.3 Å². The number of nitrogens with two attached hydrogens (primary N) is 1. The standard InChI is InChI=1S/C15H25N5O2/c1-4-7-8-20-13-12(14(21)19(6-3)15(20)22)18(10-17-13)9-11(16)5-2/h10-11H,4-9,16H2,1-3H3. The highest BCUT2D eigenvalue weighted by Crippen LogP contribution is 2.09. The van der Waals surface area contributed by atoms with Crippen LogP contribution in [0.5, 0.6) is 0 Å². The molecule has 2 aromatic rings. The number of unbranched alkanes of at least 4 members (excludes halogenated alkanes) is 1. The molecule has 2 N–H and O–H groups in total. The zero-order chi connectivity index (χ0) is 16.3. The second-order valence-corrected chi connectivity index (χ2v) is 5.57. The van der Waals surface area contributed by atoms with Crippen LogP contribution < -0.4 is 17.0 Å². The van der Waals surface area contributed by atoms with Crippen LogP contribution in [0.25, 0.3) is 11.2 Å². The van der Waals surface area contributed by atoms with E-state index in [0.29, 0.717) is 30.8 Å². The Morgan fingerprint density at radius 3 is 2.55 bits per heavy atom. The lowest BCUT2D eigenvalue weighted by atomic mass is 10.2. The van der Waals surface area contributed by atoms with Crippen LogP contribution in [0.4, 0.5) is 0 Å². The van der Waals surface area contributed by atoms with Gasteiger partial charge in [-0.15, -0.1) is 0 Å². The molecule has 2 heterocycles. The van der Waals surface area contributed by atoms with Crippen LogP contribution >= 0.6 is 0 Å². The summed E-state index contributed by atoms with van der Waals surface area (Å²) in [6.45, 7) is 7.32. The topological polar surface area (TPSA) is 87.8 Å². The van der Waals surface area contributed by atoms with Crippen molar-refractivity contribution < 1.29 is 0 Å². The van der Waals surface area contributed by atoms with Gasteiger partial charge in [-0.3, -0.25) is 13.9 Å². The molecule has 1 atom stereocenters. The summed E-state index contributed by atoms with van der Waals surface area (Å²) in [5, 5.41) is 0. The van der Waals surface area contributed by atoms with Gasteiger partial charge in [0, 0.05) is 25.7 Å². The van der Waals surface area contributed by atoms with Crippen molar-refractivity contribution >= 4 is 11.2 Å². The lowest BCUT2D eigenvalue weighted by molar-refractivity contribution is 0.539. The number of hydrogen-bond donors (Lipinski definition) is 1. The Bertz CT molecular complexity index is 756. The van der Waals surface area contributed by atoms with Crippen molar-refractivity contribution in [2.75, 3.05) is 0 Å². The highest BCUT2D eigenvalue weighted by Gasteiger charge is 2.17. The number of aryl methyl sites for hydroxylation is 1. The molecule has 1 unspecified atom stereocenters. The number of hydrogen-bond acceptors (Lipinski definition) is 4. The van der Waals surface area contributed by atoms with Crippen LogP contribution in [0, 0.1) is 0 Å². The zero-order valence-electron chi connectivity index (χ0n) is 13.6. The third-order valence-corrected chi connectivity index (χ3v) is 3.99. The van der Waals surface area contributed by atoms with E-state index in [1.807, 2.05) is 6.92 Å². The van der Waals surface area contributed by atoms with Gasteiger partial charge >= 0.3 is 5.69 Å². The Morgan fingerprint density at radius 1 is 1.23 bits per heavy atom. The summed E-state index contributed by atoms with van der Waals surface area (Å²) in [5.74, 6) is 0. The fourth-order valence-electron chi connectivity index (χ4n) is 2.56. The van der Waals surface area contributed by atoms with E-state index in [1.54, 1.807) is 22.4 Å². The molecule has 0 aliphatic carbocycles. The van der Waals surface area contributed by atoms with E-state index in [-0.39, 0.29) is 17.3 Å². The van der Waals surface area contributed by atoms with Gasteiger partial charge in [0.1, 0.15) is 0 Å². The fourth-order valence-corrected chi connectivity index (χ4v) is 2.56. The molecule has 0 saturated carbocycles. The maximum absolute atomic E-state index is 12.6. The summed E-state index contributed by atoms with van der Waals surface area (Å²) in [5.41, 5.74) is 6.38. The van der Waals surface area contributed by atoms with E-state index in [0.717, 1.165) is 19.3 Å². The largest absolute Gasteiger partial charge is 0.332 e. The molecular weight excluding hydrogens is 282 g/mol. The van der Waals surface area contributed by atoms with Gasteiger partial charge in [-0.2, -0.15) is 0 Å². The summed E-state index contributed by atoms with van der Waals surface area (Å²) in [6, 6.07) is -0.0390. The van der Waals surface area contributed by atoms with Crippen molar-refractivity contribution in [1.29, 1.82) is 0 Å². The lowest BCUT2D eigenvalue weighted by Crippen LogP contribution is -2.40. The van der Waals surface area contributed by atoms with E-state index in [4.69, 9.17) is 5.73 Å². The number of aromatic nitrogens is 4. The number of rotatable bonds is 7. The molecule has 0 fully saturated rings. The lowest BCUT2D eigenvalue weighted by Gasteiger charge is -2.13. The molecule has 0 amide bonds. The Kier molecular flexibility index (Phi) is 5.18. The molecule has 7 heteroatoms. The van der Waals surface area contributed by atoms with E-state index < -0.39 is 0 Å². The first-order chi connectivity index (χ1) is 10.5. The highest BCUT2D eigenvalue weighted by molar-refractivity contribution is 5.70. The molecule has 2 aromatic heterocycles. The molecule has 0 spiro atoms. The summed E-state index contributed by atoms with van der Waals surface area (Å²) in [7, 11) is 0. The van der Waals surface area contributed by atoms with E-state index in [9.17, 15) is 9.59 Å². The third kappa shape index (κ3) is 2.85. The predicted octanol–water partition coefficient (Wildman–Crippen LogP) is 0.917. The molecule has 0 aliphatic heterocycles. The van der Waals surface area contributed by atoms with Gasteiger partial charge in [0.2, 0.25) is 0 Å². The average Bonchev–Trinajstić information content (AvgIpc) is 2.91. The predicted molar refractivity (Wildman–Crippen MR) is 87.1 cm³/mol. The average molecular weight is 307 g/mol. The van der Waals surface area contributed by atoms with E-state index in [2.05, 4.69) is 11.9 Å². The van der Waals surface area contributed by atoms with Crippen molar-refractivity contribution in [2.24, 2.45) is 5.73 Å². The monoisotopic (exact) mass is 307 g/mol. The first kappa shape index (κ1) is 16.5. The number of imidazole rings is 1. The minimum Gasteiger partial charge on any atom is -0.326 e. The Balaban J connectivity index is 2.69. The van der Waals surface area contributed by atoms with Gasteiger partial charge in [0.15, 0.2) is 11.2 Å². The molecular formula is C15H25N5O2. The molecule has 0 aromatic carbocycles. The zero-order valence-corrected chi connectivity index (χ0v) is 13.6. The maximum atomic E-state index is 12.6. The summed E-state index contributed by atoms with van der Waals surface area (Å²) >= 11 is 0. The highest BCUT2D eigenvalue weighted by atomic mass is 16.2. The minimum absolute atomic E-state index is 0.0390. The minimum atomic E-state index is -0.281. The fraction of sp³-hybridized carbons (Fsp3) is 0.667. The van der Waals surface area contributed by atoms with Gasteiger partial charge in [-0.25, -0.2) is 9.78 Å². The quantitative estimate of drug-likeness (QED) is 0.824. The maximum Gasteiger partial charge on any atom is 0.332 e. The van der Waals surface area contributed by atoms with Gasteiger partial charge in [-0.05, 0) is 19.8 Å². The first-order valence-corrected chi connectivity index (χ1v) is 7.99. The number of fused-ring (bicyclic) bond motifs is 1. The summed E-state index contributed by atoms with van der Waals surface area (Å²) < 4.78 is 4.66. The number of nitrogens with zero attached hydrogens (tertiary/aromatic N) is 4. The van der Waals surface area contributed by atoms with Crippen LogP contribution in [0.15, 0.2) is 15.9 Å². The second-order valence-electron chi connectivity index (χ2n) is 5.57. The molecule has 0 radical (unpaired) electrons. The molecule has 122 valence electrons. The third-order valence-electron chi connectivity index (χ3n) is 3.99. The van der Waals surface area contributed by atoms with Crippen LogP contribution in [-0.4, -0.2) is 24.7 Å². The molecule has 22 heavy (non-hydrogen) atoms. The summed E-state index contributed by atoms with van der Waals surface area (Å²) in [4.78, 5) is 29.4. The van der Waals surface area contributed by atoms with Crippen molar-refractivity contribution in [3.05, 3.63) is 27.2 Å². The van der Waals surface area contributed by atoms with E-state index >= 15 is 0 Å². The van der Waals surface area contributed by atoms with Gasteiger partial charge in [0.25, 0.3) is 5.56 Å². The second kappa shape index (κ2) is 6.91. The molecule has 7 nitrogen and oxygen atoms in total. The van der Waals surface area contributed by atoms with Gasteiger partial charge in [-0.1, -0.05) is 20.3 Å². The smallest absolute Gasteiger partial charge is 0.326 e. The van der Waals surface area contributed by atoms with Crippen molar-refractivity contribution in [3.63, 3.8) is 0 Å². The molecule has 0 bridgehead atoms.